The smallest absolute Gasteiger partial charge is 0.478 e. The van der Waals surface area contributed by atoms with Crippen molar-refractivity contribution in [2.75, 3.05) is 49.9 Å². The maximum atomic E-state index is 13.8. The normalized spacial score (nSPS) is 14.9. The van der Waals surface area contributed by atoms with E-state index in [4.69, 9.17) is 42.4 Å². The second kappa shape index (κ2) is 52.8. The van der Waals surface area contributed by atoms with Crippen molar-refractivity contribution in [2.24, 2.45) is 34.1 Å². The minimum Gasteiger partial charge on any atom is -0.478 e. The van der Waals surface area contributed by atoms with Crippen molar-refractivity contribution in [2.45, 2.75) is 227 Å². The summed E-state index contributed by atoms with van der Waals surface area (Å²) in [5, 5.41) is 40.9. The number of halogens is 3. The molecule has 2 fully saturated rings. The number of nitrogens with one attached hydrogen (secondary N) is 6. The highest BCUT2D eigenvalue weighted by atomic mass is 19.4. The van der Waals surface area contributed by atoms with Crippen molar-refractivity contribution >= 4 is 148 Å². The van der Waals surface area contributed by atoms with Gasteiger partial charge in [0.25, 0.3) is 23.6 Å². The van der Waals surface area contributed by atoms with Crippen LogP contribution in [0.3, 0.4) is 0 Å². The summed E-state index contributed by atoms with van der Waals surface area (Å²) in [6.45, 7) is 13.5. The van der Waals surface area contributed by atoms with Gasteiger partial charge in [-0.15, -0.1) is 0 Å². The number of unbranched alkanes of at least 4 members (excludes halogenated alkanes) is 6. The number of alkyl halides is 3. The van der Waals surface area contributed by atoms with Gasteiger partial charge in [-0.1, -0.05) is 76.6 Å². The molecule has 2 atom stereocenters. The van der Waals surface area contributed by atoms with E-state index in [-0.39, 0.29) is 130 Å². The van der Waals surface area contributed by atoms with E-state index < -0.39 is 106 Å². The van der Waals surface area contributed by atoms with Crippen molar-refractivity contribution in [3.05, 3.63) is 107 Å². The molecule has 0 spiro atoms. The summed E-state index contributed by atoms with van der Waals surface area (Å²) in [5.41, 5.74) is 8.95. The number of imide groups is 2. The predicted molar refractivity (Wildman–Crippen MR) is 454 cm³/mol. The molecule has 0 unspecified atom stereocenters. The SMILES string of the molecule is CC(C)(C)OC(=O)/C=C/c1ccc(/C=C/C(=O)OC(C)(C)C)c(NC(=O)CCNC(=O)[C@H](CCCNC(N)=O)CC(=O)C2(C(=O)CCCCCCN3C(=O)C=CC3=O)CCC2)c1.NC(=O)NCCC[C@H](CC(=O)C1(C(=O)CCCCCCN2C(=O)C=CC2=O)CCC1)C(=O)NCCC(=O)Nc1cc(/C=C/C(=O)O)ccc1/C=C/C(=O)O.O=C(O)C(F)(F)F.[2H]CC. The van der Waals surface area contributed by atoms with Gasteiger partial charge in [-0.05, 0) is 177 Å². The Morgan fingerprint density at radius 2 is 0.800 bits per heavy atom. The number of ether oxygens (including phenoxy) is 2. The van der Waals surface area contributed by atoms with Gasteiger partial charge in [-0.2, -0.15) is 13.2 Å². The molecule has 2 aliphatic carbocycles. The van der Waals surface area contributed by atoms with Crippen molar-refractivity contribution in [3.63, 3.8) is 0 Å². The molecule has 2 aromatic carbocycles. The third kappa shape index (κ3) is 39.6. The molecule has 0 saturated heterocycles. The lowest BCUT2D eigenvalue weighted by molar-refractivity contribution is -0.192. The van der Waals surface area contributed by atoms with Crippen molar-refractivity contribution in [1.29, 1.82) is 0 Å². The van der Waals surface area contributed by atoms with Crippen LogP contribution in [0.15, 0.2) is 85.0 Å². The standard InChI is InChI=1S/C46H63N5O11.C38H47N5O11.C2HF3O2.C2H6/c1-44(2,3)61-40(57)21-16-31-15-17-32(18-22-41(58)62-45(4,5)6)34(29-31)50-37(54)23-27-48-42(59)33(13-11-26-49-43(47)60)30-36(53)46(24-12-25-46)35(52)14-9-7-8-10-28-51-38(55)19-20-39(51)56;39-37(54)41-20-5-7-27(24-30(45)38(18-6-19-38)29(44)8-3-1-2-4-22-43-32(47)13-14-33(43)48)36(53)40-21-17-31(46)42-28-23-25(10-15-34(49)50)9-11-26(28)12-16-35(51)52;3-2(4,5)1(6)7;1-2/h15-22,29,33H,7-14,23-28,30H2,1-6H3,(H,48,59)(H,50,54)(H3,47,49,60);9-16,23,27H,1-8,17-22,24H2,(H,40,53)(H,42,46)(H,49,50)(H,51,52)(H3,39,41,54);(H,6,7);1-2H3/b21-16+,22-18+;15-10+,16-12+;;/t33-;27-;;/m11../s1/i;;;1D. The van der Waals surface area contributed by atoms with Crippen LogP contribution in [-0.2, 0) is 91.0 Å². The first-order chi connectivity index (χ1) is 59.1. The molecule has 4 aliphatic rings. The summed E-state index contributed by atoms with van der Waals surface area (Å²) in [6, 6.07) is 8.02. The van der Waals surface area contributed by atoms with E-state index in [2.05, 4.69) is 31.9 Å². The third-order valence-electron chi connectivity index (χ3n) is 19.8. The number of urea groups is 2. The molecule has 0 bridgehead atoms. The zero-order chi connectivity index (χ0) is 94.5. The molecular formula is C88H117F3N10O24. The number of ketones is 4. The molecule has 37 heteroatoms. The first kappa shape index (κ1) is 105. The quantitative estimate of drug-likeness (QED) is 0.00964. The summed E-state index contributed by atoms with van der Waals surface area (Å²) in [5.74, 6) is -12.3. The zero-order valence-corrected chi connectivity index (χ0v) is 71.6. The number of carboxylic acids is 3. The molecule has 12 amide bonds. The summed E-state index contributed by atoms with van der Waals surface area (Å²) in [6.07, 6.45) is 18.5. The van der Waals surface area contributed by atoms with Gasteiger partial charge in [0.05, 0.1) is 10.8 Å². The molecule has 13 N–H and O–H groups in total. The fourth-order valence-corrected chi connectivity index (χ4v) is 13.2. The minimum absolute atomic E-state index is 0.0864. The highest BCUT2D eigenvalue weighted by Crippen LogP contribution is 2.47. The number of hydrogen-bond donors (Lipinski definition) is 11. The van der Waals surface area contributed by atoms with Gasteiger partial charge in [-0.25, -0.2) is 33.6 Å². The average molecular weight is 1760 g/mol. The summed E-state index contributed by atoms with van der Waals surface area (Å²) in [7, 11) is 0. The van der Waals surface area contributed by atoms with Crippen LogP contribution in [0, 0.1) is 22.7 Å². The monoisotopic (exact) mass is 1760 g/mol. The third-order valence-corrected chi connectivity index (χ3v) is 19.8. The minimum atomic E-state index is -5.08. The summed E-state index contributed by atoms with van der Waals surface area (Å²) < 4.78 is 48.6. The van der Waals surface area contributed by atoms with Gasteiger partial charge < -0.3 is 68.2 Å². The Morgan fingerprint density at radius 1 is 0.472 bits per heavy atom. The molecule has 684 valence electrons. The van der Waals surface area contributed by atoms with Gasteiger partial charge in [0, 0.05) is 151 Å². The van der Waals surface area contributed by atoms with E-state index >= 15 is 0 Å². The number of esters is 2. The highest BCUT2D eigenvalue weighted by Gasteiger charge is 2.51. The lowest BCUT2D eigenvalue weighted by Gasteiger charge is -2.39. The first-order valence-corrected chi connectivity index (χ1v) is 41.1. The first-order valence-electron chi connectivity index (χ1n) is 41.8. The average Bonchev–Trinajstić information content (AvgIpc) is 0.798. The number of primary amides is 2. The van der Waals surface area contributed by atoms with Crippen LogP contribution in [0.1, 0.15) is 233 Å². The summed E-state index contributed by atoms with van der Waals surface area (Å²) in [4.78, 5) is 235. The van der Waals surface area contributed by atoms with Crippen LogP contribution in [0.4, 0.5) is 34.1 Å². The number of amides is 12. The number of carbonyl (C=O) groups excluding carboxylic acids is 16. The number of carbonyl (C=O) groups is 19. The highest BCUT2D eigenvalue weighted by molar-refractivity contribution is 6.14. The molecule has 2 saturated carbocycles. The summed E-state index contributed by atoms with van der Waals surface area (Å²) >= 11 is 0. The largest absolute Gasteiger partial charge is 0.490 e. The molecular weight excluding hydrogens is 1640 g/mol. The lowest BCUT2D eigenvalue weighted by Crippen LogP contribution is -2.47. The van der Waals surface area contributed by atoms with Crippen LogP contribution in [0.25, 0.3) is 24.3 Å². The van der Waals surface area contributed by atoms with Crippen LogP contribution in [0.5, 0.6) is 0 Å². The Balaban J connectivity index is 0.000000590. The number of carboxylic acid groups (broad SMARTS) is 3. The van der Waals surface area contributed by atoms with E-state index in [9.17, 15) is 99.5 Å². The second-order valence-electron chi connectivity index (χ2n) is 31.6. The van der Waals surface area contributed by atoms with Crippen LogP contribution in [-0.4, -0.2) is 194 Å². The van der Waals surface area contributed by atoms with Gasteiger partial charge in [0.1, 0.15) is 34.3 Å². The molecule has 125 heavy (non-hydrogen) atoms. The van der Waals surface area contributed by atoms with Crippen LogP contribution in [0.2, 0.25) is 0 Å². The Bertz CT molecular complexity index is 4400. The van der Waals surface area contributed by atoms with Crippen molar-refractivity contribution < 1.29 is 130 Å². The maximum absolute atomic E-state index is 13.8. The molecule has 2 heterocycles. The number of aliphatic carboxylic acids is 3. The molecule has 0 radical (unpaired) electrons. The van der Waals surface area contributed by atoms with E-state index in [1.807, 2.05) is 0 Å². The Labute approximate surface area is 724 Å². The fraction of sp³-hybridized carbons (Fsp3) is 0.511. The molecule has 6 rings (SSSR count). The van der Waals surface area contributed by atoms with E-state index in [1.54, 1.807) is 72.7 Å². The van der Waals surface area contributed by atoms with Crippen molar-refractivity contribution in [1.82, 2.24) is 31.1 Å². The Hall–Kier alpha value is -12.6. The molecule has 0 aromatic heterocycles. The topological polar surface area (TPSA) is 534 Å². The number of rotatable bonds is 48. The lowest BCUT2D eigenvalue weighted by atomic mass is 9.61. The number of hydrogen-bond acceptors (Lipinski definition) is 21. The van der Waals surface area contributed by atoms with E-state index in [0.29, 0.717) is 151 Å². The van der Waals surface area contributed by atoms with Crippen LogP contribution >= 0.6 is 0 Å². The van der Waals surface area contributed by atoms with Gasteiger partial charge in [0.2, 0.25) is 23.6 Å². The van der Waals surface area contributed by atoms with Gasteiger partial charge >= 0.3 is 48.1 Å². The number of benzene rings is 2. The fourth-order valence-electron chi connectivity index (χ4n) is 13.2. The van der Waals surface area contributed by atoms with Crippen LogP contribution < -0.4 is 43.4 Å². The number of Topliss-reactive ketones (excluding diaryl/α,β-unsaturated/α-hetero) is 4. The van der Waals surface area contributed by atoms with E-state index in [1.165, 1.54) is 82.7 Å². The second-order valence-corrected chi connectivity index (χ2v) is 31.6. The zero-order valence-electron chi connectivity index (χ0n) is 72.6. The van der Waals surface area contributed by atoms with Crippen molar-refractivity contribution in [3.8, 4) is 0 Å². The molecule has 2 aromatic rings. The maximum Gasteiger partial charge on any atom is 0.490 e. The van der Waals surface area contributed by atoms with Gasteiger partial charge in [-0.3, -0.25) is 67.3 Å². The number of anilines is 2. The van der Waals surface area contributed by atoms with E-state index in [0.717, 1.165) is 12.2 Å². The Morgan fingerprint density at radius 3 is 1.12 bits per heavy atom. The Kier molecular flexibility index (Phi) is 44.2. The molecule has 34 nitrogen and oxygen atoms in total. The number of nitrogens with zero attached hydrogens (tertiary/aromatic N) is 2. The molecule has 2 aliphatic heterocycles. The number of nitrogens with two attached hydrogens (primary N) is 2. The predicted octanol–water partition coefficient (Wildman–Crippen LogP) is 10.1. The van der Waals surface area contributed by atoms with Gasteiger partial charge in [0.15, 0.2) is 0 Å².